The second kappa shape index (κ2) is 5.86. The maximum Gasteiger partial charge on any atom is 0.411 e. The van der Waals surface area contributed by atoms with Gasteiger partial charge in [0.2, 0.25) is 5.41 Å². The van der Waals surface area contributed by atoms with Crippen LogP contribution in [0.4, 0.5) is 26.3 Å². The number of alkyl halides is 6. The number of halogens is 6. The standard InChI is InChI=1S/C17H14F6O2/c1-9-3-5-11(13(24)7-9)15(16(18,19)20,17(21,22)23)12-6-4-10(2)8-14(12)25/h3-8,24-25H,1-2H3. The number of phenolic OH excluding ortho intramolecular Hbond substituents is 2. The molecule has 0 spiro atoms. The van der Waals surface area contributed by atoms with Gasteiger partial charge in [-0.15, -0.1) is 0 Å². The molecule has 0 heterocycles. The highest BCUT2D eigenvalue weighted by molar-refractivity contribution is 5.55. The van der Waals surface area contributed by atoms with Crippen LogP contribution in [0.25, 0.3) is 0 Å². The fraction of sp³-hybridized carbons (Fsp3) is 0.294. The Labute approximate surface area is 139 Å². The molecule has 2 rings (SSSR count). The smallest absolute Gasteiger partial charge is 0.411 e. The minimum atomic E-state index is -5.87. The van der Waals surface area contributed by atoms with Crippen molar-refractivity contribution in [3.63, 3.8) is 0 Å². The summed E-state index contributed by atoms with van der Waals surface area (Å²) < 4.78 is 83.2. The second-order valence-electron chi connectivity index (χ2n) is 5.79. The molecule has 0 aliphatic rings. The van der Waals surface area contributed by atoms with E-state index in [0.717, 1.165) is 24.3 Å². The molecule has 25 heavy (non-hydrogen) atoms. The molecule has 0 bridgehead atoms. The molecule has 0 unspecified atom stereocenters. The molecule has 0 radical (unpaired) electrons. The normalized spacial score (nSPS) is 13.1. The lowest BCUT2D eigenvalue weighted by Gasteiger charge is -2.38. The lowest BCUT2D eigenvalue weighted by atomic mass is 9.71. The summed E-state index contributed by atoms with van der Waals surface area (Å²) in [6, 6.07) is 4.84. The topological polar surface area (TPSA) is 40.5 Å². The Bertz CT molecular complexity index is 725. The molecular formula is C17H14F6O2. The number of aryl methyl sites for hydroxylation is 2. The summed E-state index contributed by atoms with van der Waals surface area (Å²) in [4.78, 5) is 0. The lowest BCUT2D eigenvalue weighted by molar-refractivity contribution is -0.289. The van der Waals surface area contributed by atoms with Crippen LogP contribution in [-0.4, -0.2) is 22.6 Å². The predicted molar refractivity (Wildman–Crippen MR) is 78.6 cm³/mol. The fourth-order valence-electron chi connectivity index (χ4n) is 2.83. The molecule has 0 atom stereocenters. The maximum absolute atomic E-state index is 13.9. The van der Waals surface area contributed by atoms with Crippen LogP contribution in [0, 0.1) is 13.8 Å². The summed E-state index contributed by atoms with van der Waals surface area (Å²) >= 11 is 0. The van der Waals surface area contributed by atoms with Crippen molar-refractivity contribution in [3.8, 4) is 11.5 Å². The van der Waals surface area contributed by atoms with Gasteiger partial charge in [-0.2, -0.15) is 26.3 Å². The molecule has 0 amide bonds. The molecule has 0 saturated heterocycles. The van der Waals surface area contributed by atoms with Crippen LogP contribution in [-0.2, 0) is 5.41 Å². The van der Waals surface area contributed by atoms with E-state index in [1.54, 1.807) is 0 Å². The summed E-state index contributed by atoms with van der Waals surface area (Å²) in [6.45, 7) is 2.82. The third-order valence-electron chi connectivity index (χ3n) is 3.96. The Balaban J connectivity index is 3.02. The van der Waals surface area contributed by atoms with Crippen LogP contribution >= 0.6 is 0 Å². The Morgan fingerprint density at radius 1 is 0.640 bits per heavy atom. The first-order chi connectivity index (χ1) is 11.3. The molecule has 2 aromatic rings. The van der Waals surface area contributed by atoms with Crippen molar-refractivity contribution in [2.45, 2.75) is 31.6 Å². The van der Waals surface area contributed by atoms with Crippen LogP contribution in [0.3, 0.4) is 0 Å². The zero-order valence-corrected chi connectivity index (χ0v) is 13.1. The summed E-state index contributed by atoms with van der Waals surface area (Å²) in [5, 5.41) is 19.8. The highest BCUT2D eigenvalue weighted by Crippen LogP contribution is 2.59. The SMILES string of the molecule is Cc1ccc(C(c2ccc(C)cc2O)(C(F)(F)F)C(F)(F)F)c(O)c1. The molecule has 0 fully saturated rings. The van der Waals surface area contributed by atoms with Crippen molar-refractivity contribution in [2.75, 3.05) is 0 Å². The predicted octanol–water partition coefficient (Wildman–Crippen LogP) is 5.13. The number of rotatable bonds is 2. The number of hydrogen-bond acceptors (Lipinski definition) is 2. The summed E-state index contributed by atoms with van der Waals surface area (Å²) in [6.07, 6.45) is -11.7. The van der Waals surface area contributed by atoms with Gasteiger partial charge in [0, 0.05) is 11.1 Å². The van der Waals surface area contributed by atoms with Crippen LogP contribution in [0.5, 0.6) is 11.5 Å². The van der Waals surface area contributed by atoms with E-state index in [2.05, 4.69) is 0 Å². The largest absolute Gasteiger partial charge is 0.508 e. The summed E-state index contributed by atoms with van der Waals surface area (Å²) in [5.74, 6) is -2.32. The van der Waals surface area contributed by atoms with Crippen molar-refractivity contribution >= 4 is 0 Å². The van der Waals surface area contributed by atoms with Gasteiger partial charge in [0.1, 0.15) is 11.5 Å². The van der Waals surface area contributed by atoms with Gasteiger partial charge in [-0.05, 0) is 37.1 Å². The third-order valence-corrected chi connectivity index (χ3v) is 3.96. The van der Waals surface area contributed by atoms with Crippen molar-refractivity contribution in [2.24, 2.45) is 0 Å². The molecule has 0 aliphatic carbocycles. The van der Waals surface area contributed by atoms with E-state index in [4.69, 9.17) is 0 Å². The van der Waals surface area contributed by atoms with Crippen molar-refractivity contribution in [1.29, 1.82) is 0 Å². The Morgan fingerprint density at radius 3 is 1.20 bits per heavy atom. The van der Waals surface area contributed by atoms with Crippen molar-refractivity contribution in [1.82, 2.24) is 0 Å². The van der Waals surface area contributed by atoms with Crippen LogP contribution < -0.4 is 0 Å². The van der Waals surface area contributed by atoms with E-state index in [0.29, 0.717) is 12.1 Å². The zero-order valence-electron chi connectivity index (χ0n) is 13.1. The lowest BCUT2D eigenvalue weighted by Crippen LogP contribution is -2.54. The molecule has 0 saturated carbocycles. The van der Waals surface area contributed by atoms with Crippen LogP contribution in [0.1, 0.15) is 22.3 Å². The van der Waals surface area contributed by atoms with Crippen molar-refractivity contribution < 1.29 is 36.6 Å². The van der Waals surface area contributed by atoms with Gasteiger partial charge in [0.25, 0.3) is 0 Å². The molecule has 136 valence electrons. The Morgan fingerprint density at radius 2 is 0.960 bits per heavy atom. The zero-order chi connectivity index (χ0) is 19.2. The van der Waals surface area contributed by atoms with Gasteiger partial charge in [-0.25, -0.2) is 0 Å². The minimum Gasteiger partial charge on any atom is -0.508 e. The first kappa shape index (κ1) is 19.0. The van der Waals surface area contributed by atoms with Crippen LogP contribution in [0.15, 0.2) is 36.4 Å². The number of benzene rings is 2. The molecule has 2 N–H and O–H groups in total. The Hall–Kier alpha value is -2.38. The van der Waals surface area contributed by atoms with Gasteiger partial charge in [0.05, 0.1) is 0 Å². The van der Waals surface area contributed by atoms with Crippen molar-refractivity contribution in [3.05, 3.63) is 58.7 Å². The third kappa shape index (κ3) is 2.89. The minimum absolute atomic E-state index is 0.285. The van der Waals surface area contributed by atoms with E-state index < -0.39 is 40.4 Å². The van der Waals surface area contributed by atoms with E-state index in [1.807, 2.05) is 0 Å². The monoisotopic (exact) mass is 364 g/mol. The highest BCUT2D eigenvalue weighted by atomic mass is 19.4. The molecule has 0 aliphatic heterocycles. The van der Waals surface area contributed by atoms with Gasteiger partial charge >= 0.3 is 12.4 Å². The average Bonchev–Trinajstić information content (AvgIpc) is 2.40. The fourth-order valence-corrected chi connectivity index (χ4v) is 2.83. The number of hydrogen-bond donors (Lipinski definition) is 2. The summed E-state index contributed by atoms with van der Waals surface area (Å²) in [5.41, 5.74) is -6.79. The Kier molecular flexibility index (Phi) is 4.44. The van der Waals surface area contributed by atoms with Gasteiger partial charge < -0.3 is 10.2 Å². The molecule has 0 aromatic heterocycles. The molecular weight excluding hydrogens is 350 g/mol. The first-order valence-electron chi connectivity index (χ1n) is 7.06. The van der Waals surface area contributed by atoms with E-state index in [1.165, 1.54) is 13.8 Å². The van der Waals surface area contributed by atoms with E-state index in [9.17, 15) is 36.6 Å². The molecule has 8 heteroatoms. The quantitative estimate of drug-likeness (QED) is 0.726. The van der Waals surface area contributed by atoms with Crippen LogP contribution in [0.2, 0.25) is 0 Å². The summed E-state index contributed by atoms with van der Waals surface area (Å²) in [7, 11) is 0. The van der Waals surface area contributed by atoms with Gasteiger partial charge in [0.15, 0.2) is 0 Å². The number of phenols is 2. The maximum atomic E-state index is 13.9. The molecule has 2 aromatic carbocycles. The van der Waals surface area contributed by atoms with Gasteiger partial charge in [-0.3, -0.25) is 0 Å². The second-order valence-corrected chi connectivity index (χ2v) is 5.79. The highest BCUT2D eigenvalue weighted by Gasteiger charge is 2.74. The first-order valence-corrected chi connectivity index (χ1v) is 7.06. The molecule has 2 nitrogen and oxygen atoms in total. The number of aromatic hydroxyl groups is 2. The van der Waals surface area contributed by atoms with E-state index >= 15 is 0 Å². The van der Waals surface area contributed by atoms with E-state index in [-0.39, 0.29) is 11.1 Å². The van der Waals surface area contributed by atoms with Gasteiger partial charge in [-0.1, -0.05) is 24.3 Å². The average molecular weight is 364 g/mol.